The van der Waals surface area contributed by atoms with Crippen molar-refractivity contribution in [3.8, 4) is 11.5 Å². The van der Waals surface area contributed by atoms with Crippen LogP contribution in [0.2, 0.25) is 0 Å². The van der Waals surface area contributed by atoms with Gasteiger partial charge in [-0.2, -0.15) is 0 Å². The van der Waals surface area contributed by atoms with E-state index in [1.54, 1.807) is 6.26 Å². The molecule has 2 N–H and O–H groups in total. The predicted molar refractivity (Wildman–Crippen MR) is 91.5 cm³/mol. The van der Waals surface area contributed by atoms with Gasteiger partial charge >= 0.3 is 5.63 Å². The summed E-state index contributed by atoms with van der Waals surface area (Å²) < 4.78 is 10.7. The van der Waals surface area contributed by atoms with Crippen molar-refractivity contribution >= 4 is 11.0 Å². The van der Waals surface area contributed by atoms with Crippen LogP contribution in [0.3, 0.4) is 0 Å². The molecule has 0 spiro atoms. The first-order valence-electron chi connectivity index (χ1n) is 8.31. The van der Waals surface area contributed by atoms with Gasteiger partial charge in [0.25, 0.3) is 0 Å². The molecule has 4 rings (SSSR count). The molecule has 1 aliphatic carbocycles. The van der Waals surface area contributed by atoms with Crippen molar-refractivity contribution < 1.29 is 19.0 Å². The zero-order valence-electron chi connectivity index (χ0n) is 13.8. The van der Waals surface area contributed by atoms with E-state index in [4.69, 9.17) is 8.83 Å². The van der Waals surface area contributed by atoms with E-state index in [-0.39, 0.29) is 23.1 Å². The van der Waals surface area contributed by atoms with Gasteiger partial charge in [0.05, 0.1) is 12.3 Å². The van der Waals surface area contributed by atoms with Crippen LogP contribution in [-0.4, -0.2) is 21.2 Å². The maximum Gasteiger partial charge on any atom is 0.336 e. The maximum atomic E-state index is 11.9. The van der Waals surface area contributed by atoms with Gasteiger partial charge in [0.2, 0.25) is 0 Å². The quantitative estimate of drug-likeness (QED) is 0.545. The molecule has 6 heteroatoms. The number of hydrogen-bond acceptors (Lipinski definition) is 6. The highest BCUT2D eigenvalue weighted by Crippen LogP contribution is 2.37. The molecule has 0 radical (unpaired) electrons. The lowest BCUT2D eigenvalue weighted by molar-refractivity contribution is 0.170. The summed E-state index contributed by atoms with van der Waals surface area (Å²) in [5.74, 6) is 0.329. The number of fused-ring (bicyclic) bond motifs is 1. The number of hydrogen-bond donors (Lipinski definition) is 2. The minimum absolute atomic E-state index is 0.0653. The molecule has 1 atom stereocenters. The molecule has 1 fully saturated rings. The van der Waals surface area contributed by atoms with Crippen LogP contribution in [0.1, 0.15) is 37.1 Å². The first kappa shape index (κ1) is 15.8. The fraction of sp³-hybridized carbons (Fsp3) is 0.316. The summed E-state index contributed by atoms with van der Waals surface area (Å²) in [6.45, 7) is 2.60. The molecule has 1 saturated carbocycles. The van der Waals surface area contributed by atoms with Crippen LogP contribution < -0.4 is 5.63 Å². The lowest BCUT2D eigenvalue weighted by Gasteiger charge is -2.28. The molecule has 6 nitrogen and oxygen atoms in total. The molecule has 1 aliphatic rings. The summed E-state index contributed by atoms with van der Waals surface area (Å²) >= 11 is 0. The SMILES string of the molecule is CC(c1ccco1)N(Cc1cc(=O)oc2cc(O)c(O)cc12)C1CC1. The molecule has 0 aliphatic heterocycles. The monoisotopic (exact) mass is 341 g/mol. The third-order valence-corrected chi connectivity index (χ3v) is 4.75. The van der Waals surface area contributed by atoms with Crippen LogP contribution in [0.15, 0.2) is 50.2 Å². The Hall–Kier alpha value is -2.73. The highest BCUT2D eigenvalue weighted by atomic mass is 16.4. The average molecular weight is 341 g/mol. The van der Waals surface area contributed by atoms with Gasteiger partial charge in [-0.3, -0.25) is 4.90 Å². The van der Waals surface area contributed by atoms with E-state index in [0.29, 0.717) is 18.0 Å². The van der Waals surface area contributed by atoms with E-state index < -0.39 is 5.63 Å². The van der Waals surface area contributed by atoms with Crippen molar-refractivity contribution in [1.82, 2.24) is 4.90 Å². The first-order chi connectivity index (χ1) is 12.0. The Bertz CT molecular complexity index is 956. The topological polar surface area (TPSA) is 87.1 Å². The fourth-order valence-electron chi connectivity index (χ4n) is 3.26. The molecule has 0 saturated heterocycles. The minimum Gasteiger partial charge on any atom is -0.504 e. The smallest absolute Gasteiger partial charge is 0.336 e. The van der Waals surface area contributed by atoms with Crippen LogP contribution in [0.25, 0.3) is 11.0 Å². The largest absolute Gasteiger partial charge is 0.504 e. The van der Waals surface area contributed by atoms with Gasteiger partial charge in [0.15, 0.2) is 11.5 Å². The molecule has 130 valence electrons. The van der Waals surface area contributed by atoms with Crippen molar-refractivity contribution in [3.05, 3.63) is 58.3 Å². The molecule has 1 aromatic carbocycles. The van der Waals surface area contributed by atoms with E-state index in [1.165, 1.54) is 18.2 Å². The van der Waals surface area contributed by atoms with Gasteiger partial charge in [-0.15, -0.1) is 0 Å². The molecule has 2 heterocycles. The van der Waals surface area contributed by atoms with Crippen LogP contribution in [-0.2, 0) is 6.54 Å². The van der Waals surface area contributed by atoms with Crippen molar-refractivity contribution in [2.75, 3.05) is 0 Å². The molecule has 2 aromatic heterocycles. The maximum absolute atomic E-state index is 11.9. The summed E-state index contributed by atoms with van der Waals surface area (Å²) in [6, 6.07) is 8.47. The van der Waals surface area contributed by atoms with E-state index >= 15 is 0 Å². The van der Waals surface area contributed by atoms with Crippen LogP contribution in [0.5, 0.6) is 11.5 Å². The van der Waals surface area contributed by atoms with Crippen molar-refractivity contribution in [2.24, 2.45) is 0 Å². The molecule has 1 unspecified atom stereocenters. The second kappa shape index (κ2) is 5.97. The zero-order chi connectivity index (χ0) is 17.6. The second-order valence-corrected chi connectivity index (χ2v) is 6.52. The highest BCUT2D eigenvalue weighted by molar-refractivity contribution is 5.83. The highest BCUT2D eigenvalue weighted by Gasteiger charge is 2.34. The number of rotatable bonds is 5. The van der Waals surface area contributed by atoms with Gasteiger partial charge in [0.1, 0.15) is 11.3 Å². The molecule has 0 amide bonds. The normalized spacial score (nSPS) is 15.8. The number of furan rings is 1. The Labute approximate surface area is 143 Å². The first-order valence-corrected chi connectivity index (χ1v) is 8.31. The molecular weight excluding hydrogens is 322 g/mol. The van der Waals surface area contributed by atoms with Crippen LogP contribution in [0, 0.1) is 0 Å². The standard InChI is InChI=1S/C19H19NO5/c1-11(17-3-2-6-24-17)20(13-4-5-13)10-12-7-19(23)25-18-9-16(22)15(21)8-14(12)18/h2-3,6-9,11,13,21-22H,4-5,10H2,1H3. The minimum atomic E-state index is -0.478. The Balaban J connectivity index is 1.75. The van der Waals surface area contributed by atoms with Gasteiger partial charge in [-0.05, 0) is 43.5 Å². The van der Waals surface area contributed by atoms with Crippen molar-refractivity contribution in [2.45, 2.75) is 38.4 Å². The van der Waals surface area contributed by atoms with Gasteiger partial charge in [0, 0.05) is 30.1 Å². The third-order valence-electron chi connectivity index (χ3n) is 4.75. The Morgan fingerprint density at radius 2 is 2.00 bits per heavy atom. The summed E-state index contributed by atoms with van der Waals surface area (Å²) in [5, 5.41) is 20.1. The van der Waals surface area contributed by atoms with Crippen molar-refractivity contribution in [3.63, 3.8) is 0 Å². The number of phenols is 2. The second-order valence-electron chi connectivity index (χ2n) is 6.52. The molecule has 0 bridgehead atoms. The third kappa shape index (κ3) is 3.00. The number of benzene rings is 1. The predicted octanol–water partition coefficient (Wildman–Crippen LogP) is 3.52. The lowest BCUT2D eigenvalue weighted by atomic mass is 10.1. The van der Waals surface area contributed by atoms with E-state index in [2.05, 4.69) is 11.8 Å². The Morgan fingerprint density at radius 3 is 2.68 bits per heavy atom. The molecule has 25 heavy (non-hydrogen) atoms. The van der Waals surface area contributed by atoms with Crippen LogP contribution >= 0.6 is 0 Å². The number of nitrogens with zero attached hydrogens (tertiary/aromatic N) is 1. The summed E-state index contributed by atoms with van der Waals surface area (Å²) in [6.07, 6.45) is 3.87. The number of aromatic hydroxyl groups is 2. The van der Waals surface area contributed by atoms with E-state index in [0.717, 1.165) is 24.2 Å². The fourth-order valence-corrected chi connectivity index (χ4v) is 3.26. The Kier molecular flexibility index (Phi) is 3.77. The van der Waals surface area contributed by atoms with Gasteiger partial charge < -0.3 is 19.0 Å². The molecular formula is C19H19NO5. The molecule has 3 aromatic rings. The van der Waals surface area contributed by atoms with Gasteiger partial charge in [-0.25, -0.2) is 4.79 Å². The Morgan fingerprint density at radius 1 is 1.24 bits per heavy atom. The van der Waals surface area contributed by atoms with E-state index in [1.807, 2.05) is 12.1 Å². The summed E-state index contributed by atoms with van der Waals surface area (Å²) in [7, 11) is 0. The summed E-state index contributed by atoms with van der Waals surface area (Å²) in [5.41, 5.74) is 0.542. The van der Waals surface area contributed by atoms with Gasteiger partial charge in [-0.1, -0.05) is 0 Å². The summed E-state index contributed by atoms with van der Waals surface area (Å²) in [4.78, 5) is 14.2. The zero-order valence-corrected chi connectivity index (χ0v) is 13.8. The lowest BCUT2D eigenvalue weighted by Crippen LogP contribution is -2.29. The number of phenolic OH excluding ortho intramolecular Hbond substituents is 2. The average Bonchev–Trinajstić information content (AvgIpc) is 3.26. The van der Waals surface area contributed by atoms with Crippen LogP contribution in [0.4, 0.5) is 0 Å². The van der Waals surface area contributed by atoms with Crippen molar-refractivity contribution in [1.29, 1.82) is 0 Å². The van der Waals surface area contributed by atoms with E-state index in [9.17, 15) is 15.0 Å².